The van der Waals surface area contributed by atoms with Crippen molar-refractivity contribution in [3.63, 3.8) is 0 Å². The average molecular weight is 1370 g/mol. The number of hydrogen-bond acceptors (Lipinski definition) is 8. The van der Waals surface area contributed by atoms with Crippen LogP contribution < -0.4 is 0 Å². The Morgan fingerprint density at radius 1 is 0.173 bits per heavy atom. The third kappa shape index (κ3) is 11.6. The van der Waals surface area contributed by atoms with Crippen LogP contribution >= 0.6 is 22.7 Å². The van der Waals surface area contributed by atoms with Crippen LogP contribution in [-0.4, -0.2) is 38.7 Å². The third-order valence-corrected chi connectivity index (χ3v) is 21.7. The zero-order chi connectivity index (χ0) is 68.9. The highest BCUT2D eigenvalue weighted by atomic mass is 32.1. The molecule has 0 bridgehead atoms. The molecule has 104 heavy (non-hydrogen) atoms. The molecule has 8 nitrogen and oxygen atoms in total. The number of para-hydroxylation sites is 4. The van der Waals surface area contributed by atoms with Crippen LogP contribution in [0.4, 0.5) is 0 Å². The molecule has 20 aromatic rings. The van der Waals surface area contributed by atoms with Crippen molar-refractivity contribution >= 4 is 74.6 Å². The maximum absolute atomic E-state index is 5.12. The van der Waals surface area contributed by atoms with E-state index in [1.165, 1.54) is 85.3 Å². The van der Waals surface area contributed by atoms with Gasteiger partial charge in [0, 0.05) is 55.3 Å². The van der Waals surface area contributed by atoms with E-state index >= 15 is 0 Å². The SMILES string of the molecule is c1ccc(-c2ccc(-c3nc(-c4ccc(-c5ccccc5)cc4)nc(-c4ccc(-c5c6ccccc6n6c5sc5ccccc56)cc4)n3)cc2)cc1.c1ccc(-c2ccc(-c3nc(-c4ccc(-c5ccccc5)cc4)nc(-c4cccc(-c5c6ccccc6n6c5sc5ccccc56)c4)n3)cc2)cc1. The highest BCUT2D eigenvalue weighted by Crippen LogP contribution is 2.45. The number of hydrogen-bond donors (Lipinski definition) is 0. The molecule has 0 amide bonds. The summed E-state index contributed by atoms with van der Waals surface area (Å²) in [7, 11) is 0. The minimum Gasteiger partial charge on any atom is -0.299 e. The second kappa shape index (κ2) is 26.6. The minimum atomic E-state index is 0.636. The lowest BCUT2D eigenvalue weighted by Crippen LogP contribution is -2.00. The Labute approximate surface area is 608 Å². The van der Waals surface area contributed by atoms with E-state index in [2.05, 4.69) is 349 Å². The van der Waals surface area contributed by atoms with Gasteiger partial charge in [0.1, 0.15) is 9.66 Å². The minimum absolute atomic E-state index is 0.636. The monoisotopic (exact) mass is 1360 g/mol. The second-order valence-electron chi connectivity index (χ2n) is 25.7. The predicted molar refractivity (Wildman–Crippen MR) is 433 cm³/mol. The Hall–Kier alpha value is -13.4. The molecule has 20 rings (SSSR count). The van der Waals surface area contributed by atoms with Crippen molar-refractivity contribution in [2.75, 3.05) is 0 Å². The van der Waals surface area contributed by atoms with Crippen molar-refractivity contribution in [3.05, 3.63) is 364 Å². The van der Waals surface area contributed by atoms with Crippen LogP contribution in [0.3, 0.4) is 0 Å². The maximum atomic E-state index is 5.12. The van der Waals surface area contributed by atoms with Crippen LogP contribution in [0.5, 0.6) is 0 Å². The van der Waals surface area contributed by atoms with E-state index in [-0.39, 0.29) is 0 Å². The average Bonchev–Trinajstić information content (AvgIpc) is 1.57. The standard InChI is InChI=1S/2C47H30N4S/c1-3-12-31(13-4-1)33-22-26-35(27-23-33)44-48-45(36-28-24-34(25-29-36)32-14-5-2-6-15-32)50-46(49-44)38-17-11-16-37(30-38)43-39-18-7-8-19-40(39)51-41-20-9-10-21-42(41)52-47(43)51;1-3-11-31(12-4-1)33-19-25-36(26-20-33)44-48-45(37-27-21-34(22-28-37)32-13-5-2-6-14-32)50-46(49-44)38-29-23-35(24-30-38)43-39-15-7-8-16-40(39)51-41-17-9-10-18-42(41)52-47(43)51/h2*1-30H. The zero-order valence-corrected chi connectivity index (χ0v) is 57.7. The van der Waals surface area contributed by atoms with Crippen LogP contribution in [0, 0.1) is 0 Å². The lowest BCUT2D eigenvalue weighted by Gasteiger charge is -2.11. The van der Waals surface area contributed by atoms with Gasteiger partial charge < -0.3 is 0 Å². The molecule has 0 fully saturated rings. The molecular weight excluding hydrogens is 1310 g/mol. The van der Waals surface area contributed by atoms with E-state index in [0.717, 1.165) is 66.8 Å². The molecule has 10 heteroatoms. The first-order valence-electron chi connectivity index (χ1n) is 34.7. The van der Waals surface area contributed by atoms with Gasteiger partial charge in [-0.1, -0.05) is 322 Å². The molecule has 0 unspecified atom stereocenters. The molecule has 0 saturated heterocycles. The highest BCUT2D eigenvalue weighted by molar-refractivity contribution is 7.25. The molecule has 0 radical (unpaired) electrons. The molecular formula is C94H60N8S2. The molecule has 6 heterocycles. The summed E-state index contributed by atoms with van der Waals surface area (Å²) in [5.41, 5.74) is 24.6. The predicted octanol–water partition coefficient (Wildman–Crippen LogP) is 25.0. The fourth-order valence-corrected chi connectivity index (χ4v) is 16.7. The van der Waals surface area contributed by atoms with E-state index < -0.39 is 0 Å². The smallest absolute Gasteiger partial charge is 0.164 e. The summed E-state index contributed by atoms with van der Waals surface area (Å²) in [5.74, 6) is 3.83. The van der Waals surface area contributed by atoms with Crippen molar-refractivity contribution in [2.45, 2.75) is 0 Å². The molecule has 0 atom stereocenters. The van der Waals surface area contributed by atoms with E-state index in [9.17, 15) is 0 Å². The molecule has 0 aliphatic heterocycles. The summed E-state index contributed by atoms with van der Waals surface area (Å²) in [5, 5.41) is 2.47. The Bertz CT molecular complexity index is 6330. The summed E-state index contributed by atoms with van der Waals surface area (Å²) >= 11 is 3.67. The van der Waals surface area contributed by atoms with Crippen LogP contribution in [0.2, 0.25) is 0 Å². The van der Waals surface area contributed by atoms with Gasteiger partial charge in [-0.05, 0) is 98.1 Å². The lowest BCUT2D eigenvalue weighted by molar-refractivity contribution is 1.07. The summed E-state index contributed by atoms with van der Waals surface area (Å²) in [6, 6.07) is 128. The van der Waals surface area contributed by atoms with Gasteiger partial charge in [0.05, 0.1) is 31.5 Å². The van der Waals surface area contributed by atoms with Gasteiger partial charge >= 0.3 is 0 Å². The third-order valence-electron chi connectivity index (χ3n) is 19.4. The van der Waals surface area contributed by atoms with Crippen molar-refractivity contribution < 1.29 is 0 Å². The summed E-state index contributed by atoms with van der Waals surface area (Å²) in [6.07, 6.45) is 0. The molecule has 0 aliphatic rings. The largest absolute Gasteiger partial charge is 0.299 e. The first-order chi connectivity index (χ1) is 51.5. The molecule has 0 spiro atoms. The van der Waals surface area contributed by atoms with Crippen LogP contribution in [0.25, 0.3) is 187 Å². The molecule has 0 N–H and O–H groups in total. The topological polar surface area (TPSA) is 86.2 Å². The van der Waals surface area contributed by atoms with Crippen LogP contribution in [0.1, 0.15) is 0 Å². The number of benzene rings is 14. The highest BCUT2D eigenvalue weighted by Gasteiger charge is 2.23. The van der Waals surface area contributed by atoms with Crippen LogP contribution in [-0.2, 0) is 0 Å². The van der Waals surface area contributed by atoms with Crippen LogP contribution in [0.15, 0.2) is 364 Å². The number of thiazole rings is 2. The number of nitrogens with zero attached hydrogens (tertiary/aromatic N) is 8. The zero-order valence-electron chi connectivity index (χ0n) is 56.0. The Kier molecular flexibility index (Phi) is 15.8. The number of fused-ring (bicyclic) bond motifs is 10. The Morgan fingerprint density at radius 3 is 0.740 bits per heavy atom. The lowest BCUT2D eigenvalue weighted by atomic mass is 10.0. The van der Waals surface area contributed by atoms with Gasteiger partial charge in [-0.3, -0.25) is 8.80 Å². The van der Waals surface area contributed by atoms with E-state index in [4.69, 9.17) is 29.9 Å². The summed E-state index contributed by atoms with van der Waals surface area (Å²) in [4.78, 5) is 32.9. The van der Waals surface area contributed by atoms with Gasteiger partial charge in [0.25, 0.3) is 0 Å². The number of aromatic nitrogens is 8. The first-order valence-corrected chi connectivity index (χ1v) is 36.4. The van der Waals surface area contributed by atoms with E-state index in [0.29, 0.717) is 34.9 Å². The Morgan fingerprint density at radius 2 is 0.404 bits per heavy atom. The van der Waals surface area contributed by atoms with E-state index in [1.54, 1.807) is 0 Å². The fourth-order valence-electron chi connectivity index (χ4n) is 14.2. The quantitative estimate of drug-likeness (QED) is 0.121. The molecule has 0 aliphatic carbocycles. The fraction of sp³-hybridized carbons (Fsp3) is 0. The molecule has 488 valence electrons. The molecule has 6 aromatic heterocycles. The summed E-state index contributed by atoms with van der Waals surface area (Å²) in [6.45, 7) is 0. The molecule has 0 saturated carbocycles. The molecule has 14 aromatic carbocycles. The van der Waals surface area contributed by atoms with Crippen molar-refractivity contribution in [2.24, 2.45) is 0 Å². The second-order valence-corrected chi connectivity index (χ2v) is 27.8. The van der Waals surface area contributed by atoms with Gasteiger partial charge in [-0.2, -0.15) is 0 Å². The van der Waals surface area contributed by atoms with Gasteiger partial charge in [0.15, 0.2) is 34.9 Å². The Balaban J connectivity index is 0.000000143. The maximum Gasteiger partial charge on any atom is 0.164 e. The van der Waals surface area contributed by atoms with Crippen molar-refractivity contribution in [1.82, 2.24) is 38.7 Å². The van der Waals surface area contributed by atoms with Gasteiger partial charge in [0.2, 0.25) is 0 Å². The normalized spacial score (nSPS) is 11.5. The van der Waals surface area contributed by atoms with Crippen molar-refractivity contribution in [1.29, 1.82) is 0 Å². The van der Waals surface area contributed by atoms with Crippen molar-refractivity contribution in [3.8, 4) is 135 Å². The van der Waals surface area contributed by atoms with Gasteiger partial charge in [-0.25, -0.2) is 29.9 Å². The number of rotatable bonds is 12. The van der Waals surface area contributed by atoms with Gasteiger partial charge in [-0.15, -0.1) is 22.7 Å². The first kappa shape index (κ1) is 61.7. The van der Waals surface area contributed by atoms with E-state index in [1.807, 2.05) is 46.9 Å². The summed E-state index contributed by atoms with van der Waals surface area (Å²) < 4.78 is 7.34.